The van der Waals surface area contributed by atoms with E-state index >= 15 is 0 Å². The minimum absolute atomic E-state index is 0.121. The summed E-state index contributed by atoms with van der Waals surface area (Å²) in [7, 11) is 1.66. The number of nitrogens with zero attached hydrogens (tertiary/aromatic N) is 1. The molecule has 1 fully saturated rings. The molecule has 146 valence electrons. The van der Waals surface area contributed by atoms with E-state index in [0.717, 1.165) is 27.8 Å². The van der Waals surface area contributed by atoms with E-state index in [1.165, 1.54) is 0 Å². The van der Waals surface area contributed by atoms with E-state index in [1.54, 1.807) is 7.11 Å². The van der Waals surface area contributed by atoms with Gasteiger partial charge >= 0.3 is 0 Å². The second-order valence-corrected chi connectivity index (χ2v) is 7.36. The smallest absolute Gasteiger partial charge is 0.223 e. The highest BCUT2D eigenvalue weighted by atomic mass is 35.5. The highest BCUT2D eigenvalue weighted by molar-refractivity contribution is 6.31. The van der Waals surface area contributed by atoms with Gasteiger partial charge in [0.15, 0.2) is 0 Å². The van der Waals surface area contributed by atoms with E-state index in [0.29, 0.717) is 37.7 Å². The second-order valence-electron chi connectivity index (χ2n) is 6.93. The molecule has 0 radical (unpaired) electrons. The van der Waals surface area contributed by atoms with Crippen LogP contribution >= 0.6 is 11.6 Å². The van der Waals surface area contributed by atoms with Crippen LogP contribution in [0.4, 0.5) is 0 Å². The van der Waals surface area contributed by atoms with E-state index < -0.39 is 0 Å². The Balaban J connectivity index is 1.76. The van der Waals surface area contributed by atoms with Gasteiger partial charge in [-0.25, -0.2) is 0 Å². The topological polar surface area (TPSA) is 54.6 Å². The number of para-hydroxylation sites is 1. The first-order valence-corrected chi connectivity index (χ1v) is 9.80. The van der Waals surface area contributed by atoms with Crippen LogP contribution in [0.25, 0.3) is 10.9 Å². The summed E-state index contributed by atoms with van der Waals surface area (Å²) in [6, 6.07) is 13.7. The number of aromatic amines is 1. The van der Waals surface area contributed by atoms with Crippen molar-refractivity contribution in [2.24, 2.45) is 0 Å². The van der Waals surface area contributed by atoms with E-state index in [1.807, 2.05) is 53.6 Å². The van der Waals surface area contributed by atoms with Crippen LogP contribution in [-0.4, -0.2) is 49.2 Å². The van der Waals surface area contributed by atoms with E-state index in [4.69, 9.17) is 21.1 Å². The fourth-order valence-electron chi connectivity index (χ4n) is 3.86. The Morgan fingerprint density at radius 2 is 2.00 bits per heavy atom. The van der Waals surface area contributed by atoms with E-state index in [2.05, 4.69) is 4.98 Å². The number of hydrogen-bond acceptors (Lipinski definition) is 3. The number of methoxy groups -OCH3 is 1. The lowest BCUT2D eigenvalue weighted by atomic mass is 9.87. The van der Waals surface area contributed by atoms with Crippen LogP contribution in [-0.2, 0) is 9.53 Å². The van der Waals surface area contributed by atoms with Gasteiger partial charge in [-0.2, -0.15) is 0 Å². The molecule has 28 heavy (non-hydrogen) atoms. The Bertz CT molecular complexity index is 979. The quantitative estimate of drug-likeness (QED) is 0.700. The SMILES string of the molecule is COc1ccccc1C(CC(=O)N1CCOCC1)c1c[nH]c2ccc(Cl)cc12. The third kappa shape index (κ3) is 3.73. The zero-order valence-electron chi connectivity index (χ0n) is 15.8. The zero-order valence-corrected chi connectivity index (χ0v) is 16.5. The molecule has 1 unspecified atom stereocenters. The molecule has 6 heteroatoms. The van der Waals surface area contributed by atoms with Crippen LogP contribution < -0.4 is 4.74 Å². The average molecular weight is 399 g/mol. The third-order valence-electron chi connectivity index (χ3n) is 5.31. The van der Waals surface area contributed by atoms with Gasteiger partial charge in [-0.3, -0.25) is 4.79 Å². The van der Waals surface area contributed by atoms with Gasteiger partial charge in [-0.1, -0.05) is 29.8 Å². The molecule has 1 saturated heterocycles. The predicted octanol–water partition coefficient (Wildman–Crippen LogP) is 4.21. The number of hydrogen-bond donors (Lipinski definition) is 1. The normalized spacial score (nSPS) is 15.6. The molecule has 4 rings (SSSR count). The second kappa shape index (κ2) is 8.25. The standard InChI is InChI=1S/C22H23ClN2O3/c1-27-21-5-3-2-4-16(21)17(13-22(26)25-8-10-28-11-9-25)19-14-24-20-7-6-15(23)12-18(19)20/h2-7,12,14,17,24H,8-11,13H2,1H3. The van der Waals surface area contributed by atoms with Gasteiger partial charge in [0, 0.05) is 53.1 Å². The van der Waals surface area contributed by atoms with Gasteiger partial charge in [-0.05, 0) is 29.8 Å². The summed E-state index contributed by atoms with van der Waals surface area (Å²) in [6.07, 6.45) is 2.34. The van der Waals surface area contributed by atoms with Crippen molar-refractivity contribution in [1.82, 2.24) is 9.88 Å². The number of nitrogens with one attached hydrogen (secondary N) is 1. The molecule has 3 aromatic rings. The summed E-state index contributed by atoms with van der Waals surface area (Å²) in [6.45, 7) is 2.45. The van der Waals surface area contributed by atoms with Crippen LogP contribution in [0.2, 0.25) is 5.02 Å². The molecule has 0 aliphatic carbocycles. The Hall–Kier alpha value is -2.50. The van der Waals surface area contributed by atoms with Crippen LogP contribution in [0.5, 0.6) is 5.75 Å². The van der Waals surface area contributed by atoms with Gasteiger partial charge in [0.05, 0.1) is 20.3 Å². The lowest BCUT2D eigenvalue weighted by Gasteiger charge is -2.29. The number of halogens is 1. The molecule has 1 aliphatic heterocycles. The van der Waals surface area contributed by atoms with Gasteiger partial charge < -0.3 is 19.4 Å². The summed E-state index contributed by atoms with van der Waals surface area (Å²) in [5, 5.41) is 1.70. The Kier molecular flexibility index (Phi) is 5.55. The van der Waals surface area contributed by atoms with Crippen LogP contribution in [0.15, 0.2) is 48.7 Å². The van der Waals surface area contributed by atoms with Crippen molar-refractivity contribution in [2.75, 3.05) is 33.4 Å². The molecule has 5 nitrogen and oxygen atoms in total. The van der Waals surface area contributed by atoms with Crippen molar-refractivity contribution in [3.05, 3.63) is 64.8 Å². The Morgan fingerprint density at radius 1 is 1.21 bits per heavy atom. The minimum Gasteiger partial charge on any atom is -0.496 e. The highest BCUT2D eigenvalue weighted by Crippen LogP contribution is 2.38. The molecule has 1 atom stereocenters. The van der Waals surface area contributed by atoms with Crippen molar-refractivity contribution < 1.29 is 14.3 Å². The molecule has 1 aromatic heterocycles. The summed E-state index contributed by atoms with van der Waals surface area (Å²) in [5.74, 6) is 0.757. The first-order chi connectivity index (χ1) is 13.7. The number of amides is 1. The predicted molar refractivity (Wildman–Crippen MR) is 110 cm³/mol. The van der Waals surface area contributed by atoms with Crippen molar-refractivity contribution in [3.63, 3.8) is 0 Å². The average Bonchev–Trinajstić information content (AvgIpc) is 3.15. The molecular formula is C22H23ClN2O3. The number of ether oxygens (including phenoxy) is 2. The lowest BCUT2D eigenvalue weighted by Crippen LogP contribution is -2.41. The monoisotopic (exact) mass is 398 g/mol. The number of carbonyl (C=O) groups excluding carboxylic acids is 1. The first-order valence-electron chi connectivity index (χ1n) is 9.42. The first kappa shape index (κ1) is 18.8. The Labute approximate surface area is 169 Å². The van der Waals surface area contributed by atoms with E-state index in [9.17, 15) is 4.79 Å². The fraction of sp³-hybridized carbons (Fsp3) is 0.318. The summed E-state index contributed by atoms with van der Waals surface area (Å²) in [4.78, 5) is 18.3. The molecule has 1 amide bonds. The molecule has 0 spiro atoms. The third-order valence-corrected chi connectivity index (χ3v) is 5.54. The number of fused-ring (bicyclic) bond motifs is 1. The Morgan fingerprint density at radius 3 is 2.79 bits per heavy atom. The lowest BCUT2D eigenvalue weighted by molar-refractivity contribution is -0.135. The summed E-state index contributed by atoms with van der Waals surface area (Å²) < 4.78 is 11.0. The maximum atomic E-state index is 13.1. The maximum Gasteiger partial charge on any atom is 0.223 e. The van der Waals surface area contributed by atoms with Gasteiger partial charge in [0.25, 0.3) is 0 Å². The number of morpholine rings is 1. The van der Waals surface area contributed by atoms with Crippen molar-refractivity contribution in [1.29, 1.82) is 0 Å². The highest BCUT2D eigenvalue weighted by Gasteiger charge is 2.27. The summed E-state index contributed by atoms with van der Waals surface area (Å²) in [5.41, 5.74) is 3.04. The largest absolute Gasteiger partial charge is 0.496 e. The number of benzene rings is 2. The van der Waals surface area contributed by atoms with Gasteiger partial charge in [0.1, 0.15) is 5.75 Å². The maximum absolute atomic E-state index is 13.1. The van der Waals surface area contributed by atoms with Crippen molar-refractivity contribution >= 4 is 28.4 Å². The minimum atomic E-state index is -0.140. The number of rotatable bonds is 5. The number of aromatic nitrogens is 1. The van der Waals surface area contributed by atoms with Gasteiger partial charge in [0.2, 0.25) is 5.91 Å². The molecule has 2 heterocycles. The van der Waals surface area contributed by atoms with Crippen LogP contribution in [0.1, 0.15) is 23.5 Å². The summed E-state index contributed by atoms with van der Waals surface area (Å²) >= 11 is 6.26. The van der Waals surface area contributed by atoms with E-state index in [-0.39, 0.29) is 11.8 Å². The van der Waals surface area contributed by atoms with Gasteiger partial charge in [-0.15, -0.1) is 0 Å². The molecule has 1 N–H and O–H groups in total. The van der Waals surface area contributed by atoms with Crippen LogP contribution in [0.3, 0.4) is 0 Å². The molecular weight excluding hydrogens is 376 g/mol. The fourth-order valence-corrected chi connectivity index (χ4v) is 4.03. The molecule has 1 aliphatic rings. The van der Waals surface area contributed by atoms with Crippen molar-refractivity contribution in [2.45, 2.75) is 12.3 Å². The molecule has 0 bridgehead atoms. The number of carbonyl (C=O) groups is 1. The van der Waals surface area contributed by atoms with Crippen molar-refractivity contribution in [3.8, 4) is 5.75 Å². The number of H-pyrrole nitrogens is 1. The zero-order chi connectivity index (χ0) is 19.5. The molecule has 2 aromatic carbocycles. The molecule has 0 saturated carbocycles. The van der Waals surface area contributed by atoms with Crippen LogP contribution in [0, 0.1) is 0 Å².